The van der Waals surface area contributed by atoms with E-state index in [4.69, 9.17) is 0 Å². The maximum absolute atomic E-state index is 13.4. The molecule has 102 valence electrons. The first kappa shape index (κ1) is 13.6. The molecule has 7 heteroatoms. The standard InChI is InChI=1S/C12H13F2N3O2/c13-8-1-2-10(14)9(5-8)11(18)6-15-4-3-12-16-7-19-17-12/h1-2,5,7,11,15,18H,3-4,6H2. The third kappa shape index (κ3) is 3.80. The normalized spacial score (nSPS) is 12.6. The molecule has 0 bridgehead atoms. The third-order valence-electron chi connectivity index (χ3n) is 2.59. The molecule has 5 nitrogen and oxygen atoms in total. The van der Waals surface area contributed by atoms with Gasteiger partial charge in [-0.1, -0.05) is 5.16 Å². The van der Waals surface area contributed by atoms with Crippen molar-refractivity contribution in [2.75, 3.05) is 13.1 Å². The lowest BCUT2D eigenvalue weighted by molar-refractivity contribution is 0.170. The predicted octanol–water partition coefficient (Wildman–Crippen LogP) is 1.21. The van der Waals surface area contributed by atoms with Crippen LogP contribution in [0.5, 0.6) is 0 Å². The summed E-state index contributed by atoms with van der Waals surface area (Å²) >= 11 is 0. The number of aliphatic hydroxyl groups is 1. The van der Waals surface area contributed by atoms with E-state index in [-0.39, 0.29) is 12.1 Å². The molecule has 0 saturated heterocycles. The van der Waals surface area contributed by atoms with Crippen molar-refractivity contribution in [1.29, 1.82) is 0 Å². The van der Waals surface area contributed by atoms with Gasteiger partial charge in [0.1, 0.15) is 11.6 Å². The lowest BCUT2D eigenvalue weighted by atomic mass is 10.1. The Morgan fingerprint density at radius 2 is 2.21 bits per heavy atom. The van der Waals surface area contributed by atoms with E-state index in [0.717, 1.165) is 18.2 Å². The highest BCUT2D eigenvalue weighted by molar-refractivity contribution is 5.21. The highest BCUT2D eigenvalue weighted by Gasteiger charge is 2.13. The first-order valence-electron chi connectivity index (χ1n) is 5.76. The van der Waals surface area contributed by atoms with Gasteiger partial charge in [-0.05, 0) is 18.2 Å². The Morgan fingerprint density at radius 1 is 1.37 bits per heavy atom. The van der Waals surface area contributed by atoms with Crippen LogP contribution in [-0.2, 0) is 6.42 Å². The van der Waals surface area contributed by atoms with Crippen LogP contribution in [0.3, 0.4) is 0 Å². The topological polar surface area (TPSA) is 71.2 Å². The van der Waals surface area contributed by atoms with Gasteiger partial charge in [0.15, 0.2) is 5.82 Å². The second-order valence-electron chi connectivity index (χ2n) is 3.98. The Balaban J connectivity index is 1.80. The summed E-state index contributed by atoms with van der Waals surface area (Å²) in [7, 11) is 0. The molecule has 0 aliphatic carbocycles. The minimum absolute atomic E-state index is 0.0629. The fourth-order valence-electron chi connectivity index (χ4n) is 1.62. The molecule has 1 aromatic heterocycles. The van der Waals surface area contributed by atoms with Crippen LogP contribution in [0.4, 0.5) is 8.78 Å². The molecule has 2 aromatic rings. The minimum Gasteiger partial charge on any atom is -0.387 e. The van der Waals surface area contributed by atoms with Crippen LogP contribution in [0.25, 0.3) is 0 Å². The van der Waals surface area contributed by atoms with Gasteiger partial charge in [0, 0.05) is 25.1 Å². The van der Waals surface area contributed by atoms with E-state index in [2.05, 4.69) is 20.0 Å². The highest BCUT2D eigenvalue weighted by Crippen LogP contribution is 2.17. The molecule has 19 heavy (non-hydrogen) atoms. The third-order valence-corrected chi connectivity index (χ3v) is 2.59. The van der Waals surface area contributed by atoms with E-state index in [9.17, 15) is 13.9 Å². The van der Waals surface area contributed by atoms with Crippen molar-refractivity contribution in [3.8, 4) is 0 Å². The zero-order valence-electron chi connectivity index (χ0n) is 10.0. The quantitative estimate of drug-likeness (QED) is 0.771. The molecule has 0 spiro atoms. The fourth-order valence-corrected chi connectivity index (χ4v) is 1.62. The minimum atomic E-state index is -1.11. The fraction of sp³-hybridized carbons (Fsp3) is 0.333. The van der Waals surface area contributed by atoms with Crippen LogP contribution in [0.2, 0.25) is 0 Å². The molecule has 0 amide bonds. The van der Waals surface area contributed by atoms with Gasteiger partial charge in [0.2, 0.25) is 6.39 Å². The summed E-state index contributed by atoms with van der Waals surface area (Å²) in [6.45, 7) is 0.603. The SMILES string of the molecule is OC(CNCCc1ncon1)c1cc(F)ccc1F. The maximum Gasteiger partial charge on any atom is 0.213 e. The summed E-state index contributed by atoms with van der Waals surface area (Å²) in [6.07, 6.45) is 0.641. The lowest BCUT2D eigenvalue weighted by Gasteiger charge is -2.12. The van der Waals surface area contributed by atoms with Crippen molar-refractivity contribution in [2.45, 2.75) is 12.5 Å². The first-order chi connectivity index (χ1) is 9.16. The van der Waals surface area contributed by atoms with Gasteiger partial charge >= 0.3 is 0 Å². The molecule has 0 aliphatic rings. The van der Waals surface area contributed by atoms with E-state index < -0.39 is 17.7 Å². The molecule has 0 fully saturated rings. The molecule has 0 aliphatic heterocycles. The van der Waals surface area contributed by atoms with Crippen LogP contribution >= 0.6 is 0 Å². The van der Waals surface area contributed by atoms with Crippen molar-refractivity contribution < 1.29 is 18.4 Å². The number of rotatable bonds is 6. The van der Waals surface area contributed by atoms with Gasteiger partial charge in [-0.3, -0.25) is 0 Å². The second-order valence-corrected chi connectivity index (χ2v) is 3.98. The molecule has 1 heterocycles. The van der Waals surface area contributed by atoms with Gasteiger partial charge in [-0.15, -0.1) is 0 Å². The molecule has 2 rings (SSSR count). The number of aromatic nitrogens is 2. The van der Waals surface area contributed by atoms with Crippen molar-refractivity contribution in [1.82, 2.24) is 15.5 Å². The Labute approximate surface area is 108 Å². The monoisotopic (exact) mass is 269 g/mol. The van der Waals surface area contributed by atoms with E-state index in [1.165, 1.54) is 6.39 Å². The summed E-state index contributed by atoms with van der Waals surface area (Å²) in [6, 6.07) is 2.99. The van der Waals surface area contributed by atoms with Gasteiger partial charge in [0.05, 0.1) is 6.10 Å². The summed E-state index contributed by atoms with van der Waals surface area (Å²) in [5.41, 5.74) is -0.0629. The smallest absolute Gasteiger partial charge is 0.213 e. The van der Waals surface area contributed by atoms with E-state index in [1.54, 1.807) is 0 Å². The number of hydrogen-bond donors (Lipinski definition) is 2. The van der Waals surface area contributed by atoms with Crippen molar-refractivity contribution >= 4 is 0 Å². The van der Waals surface area contributed by atoms with Gasteiger partial charge in [-0.2, -0.15) is 4.98 Å². The summed E-state index contributed by atoms with van der Waals surface area (Å²) in [5, 5.41) is 16.3. The van der Waals surface area contributed by atoms with Gasteiger partial charge in [0.25, 0.3) is 0 Å². The summed E-state index contributed by atoms with van der Waals surface area (Å²) in [4.78, 5) is 3.83. The molecular formula is C12H13F2N3O2. The predicted molar refractivity (Wildman–Crippen MR) is 62.2 cm³/mol. The van der Waals surface area contributed by atoms with Crippen LogP contribution in [0.1, 0.15) is 17.5 Å². The second kappa shape index (κ2) is 6.35. The van der Waals surface area contributed by atoms with E-state index >= 15 is 0 Å². The number of halogens is 2. The van der Waals surface area contributed by atoms with Crippen molar-refractivity contribution in [3.63, 3.8) is 0 Å². The molecule has 1 aromatic carbocycles. The zero-order valence-corrected chi connectivity index (χ0v) is 10.0. The number of nitrogens with zero attached hydrogens (tertiary/aromatic N) is 2. The highest BCUT2D eigenvalue weighted by atomic mass is 19.1. The van der Waals surface area contributed by atoms with Crippen LogP contribution in [0.15, 0.2) is 29.1 Å². The molecular weight excluding hydrogens is 256 g/mol. The number of hydrogen-bond acceptors (Lipinski definition) is 5. The number of nitrogens with one attached hydrogen (secondary N) is 1. The Kier molecular flexibility index (Phi) is 4.53. The Morgan fingerprint density at radius 3 is 2.95 bits per heavy atom. The summed E-state index contributed by atoms with van der Waals surface area (Å²) < 4.78 is 30.9. The molecule has 2 N–H and O–H groups in total. The van der Waals surface area contributed by atoms with Crippen LogP contribution in [-0.4, -0.2) is 28.3 Å². The maximum atomic E-state index is 13.4. The average molecular weight is 269 g/mol. The van der Waals surface area contributed by atoms with Gasteiger partial charge in [-0.25, -0.2) is 8.78 Å². The molecule has 1 atom stereocenters. The van der Waals surface area contributed by atoms with Crippen molar-refractivity contribution in [2.24, 2.45) is 0 Å². The molecule has 1 unspecified atom stereocenters. The summed E-state index contributed by atoms with van der Waals surface area (Å²) in [5.74, 6) is -0.671. The molecule has 0 radical (unpaired) electrons. The van der Waals surface area contributed by atoms with Crippen molar-refractivity contribution in [3.05, 3.63) is 47.6 Å². The number of benzene rings is 1. The van der Waals surface area contributed by atoms with E-state index in [1.807, 2.05) is 0 Å². The largest absolute Gasteiger partial charge is 0.387 e. The van der Waals surface area contributed by atoms with Crippen LogP contribution < -0.4 is 5.32 Å². The lowest BCUT2D eigenvalue weighted by Crippen LogP contribution is -2.24. The molecule has 0 saturated carbocycles. The zero-order chi connectivity index (χ0) is 13.7. The number of aliphatic hydroxyl groups excluding tert-OH is 1. The Bertz CT molecular complexity index is 520. The first-order valence-corrected chi connectivity index (χ1v) is 5.76. The Hall–Kier alpha value is -1.86. The van der Waals surface area contributed by atoms with Crippen LogP contribution in [0, 0.1) is 11.6 Å². The van der Waals surface area contributed by atoms with Gasteiger partial charge < -0.3 is 14.9 Å². The van der Waals surface area contributed by atoms with E-state index in [0.29, 0.717) is 18.8 Å². The average Bonchev–Trinajstić information content (AvgIpc) is 2.90.